The Morgan fingerprint density at radius 1 is 1.78 bits per heavy atom. The molecule has 1 aliphatic heterocycles. The molecule has 4 heteroatoms. The number of hydrogen-bond acceptors (Lipinski definition) is 2. The Morgan fingerprint density at radius 2 is 2.56 bits per heavy atom. The van der Waals surface area contributed by atoms with Crippen LogP contribution in [0.5, 0.6) is 0 Å². The lowest BCUT2D eigenvalue weighted by Crippen LogP contribution is -2.30. The first kappa shape index (κ1) is 6.83. The number of ether oxygens (including phenoxy) is 1. The third kappa shape index (κ3) is 2.20. The molecule has 1 aliphatic rings. The van der Waals surface area contributed by atoms with E-state index in [9.17, 15) is 4.79 Å². The molecule has 3 nitrogen and oxygen atoms in total. The predicted molar refractivity (Wildman–Crippen MR) is 33.6 cm³/mol. The molecule has 1 unspecified atom stereocenters. The summed E-state index contributed by atoms with van der Waals surface area (Å²) in [6.45, 7) is 1.32. The van der Waals surface area contributed by atoms with E-state index < -0.39 is 5.37 Å². The number of nitrogens with one attached hydrogen (secondary N) is 1. The second kappa shape index (κ2) is 3.03. The predicted octanol–water partition coefficient (Wildman–Crippen LogP) is 0.724. The lowest BCUT2D eigenvalue weighted by molar-refractivity contribution is 0.190. The van der Waals surface area contributed by atoms with Crippen LogP contribution in [0.25, 0.3) is 0 Å². The van der Waals surface area contributed by atoms with E-state index in [1.807, 2.05) is 0 Å². The fraction of sp³-hybridized carbons (Fsp3) is 0.800. The van der Waals surface area contributed by atoms with Crippen LogP contribution in [0.15, 0.2) is 0 Å². The van der Waals surface area contributed by atoms with E-state index in [4.69, 9.17) is 16.3 Å². The van der Waals surface area contributed by atoms with E-state index in [1.54, 1.807) is 0 Å². The smallest absolute Gasteiger partial charge is 0.314 e. The van der Waals surface area contributed by atoms with E-state index in [0.717, 1.165) is 13.0 Å². The maximum absolute atomic E-state index is 10.2. The minimum atomic E-state index is -0.495. The Labute approximate surface area is 58.3 Å². The fourth-order valence-corrected chi connectivity index (χ4v) is 0.963. The molecule has 0 radical (unpaired) electrons. The van der Waals surface area contributed by atoms with Crippen LogP contribution in [0.1, 0.15) is 6.42 Å². The van der Waals surface area contributed by atoms with E-state index in [2.05, 4.69) is 5.32 Å². The van der Waals surface area contributed by atoms with Crippen LogP contribution in [0.2, 0.25) is 0 Å². The van der Waals surface area contributed by atoms with Crippen LogP contribution in [0.4, 0.5) is 4.79 Å². The van der Waals surface area contributed by atoms with Gasteiger partial charge in [0.15, 0.2) is 0 Å². The van der Waals surface area contributed by atoms with Crippen molar-refractivity contribution in [2.24, 2.45) is 0 Å². The highest BCUT2D eigenvalue weighted by atomic mass is 35.5. The summed E-state index contributed by atoms with van der Waals surface area (Å²) in [4.78, 5) is 10.2. The van der Waals surface area contributed by atoms with Crippen LogP contribution >= 0.6 is 11.6 Å². The van der Waals surface area contributed by atoms with Gasteiger partial charge < -0.3 is 10.1 Å². The highest BCUT2D eigenvalue weighted by Gasteiger charge is 2.15. The van der Waals surface area contributed by atoms with Gasteiger partial charge >= 0.3 is 5.37 Å². The van der Waals surface area contributed by atoms with Gasteiger partial charge in [0.1, 0.15) is 0 Å². The van der Waals surface area contributed by atoms with E-state index >= 15 is 0 Å². The van der Waals surface area contributed by atoms with Gasteiger partial charge in [0, 0.05) is 6.61 Å². The third-order valence-electron chi connectivity index (χ3n) is 1.25. The van der Waals surface area contributed by atoms with E-state index in [1.165, 1.54) is 0 Å². The Morgan fingerprint density at radius 3 is 3.00 bits per heavy atom. The van der Waals surface area contributed by atoms with Crippen molar-refractivity contribution in [1.29, 1.82) is 0 Å². The molecule has 0 saturated carbocycles. The quantitative estimate of drug-likeness (QED) is 0.441. The van der Waals surface area contributed by atoms with Crippen molar-refractivity contribution in [1.82, 2.24) is 5.32 Å². The monoisotopic (exact) mass is 149 g/mol. The first-order valence-electron chi connectivity index (χ1n) is 2.83. The zero-order chi connectivity index (χ0) is 6.69. The Bertz CT molecular complexity index is 112. The molecule has 0 spiro atoms. The van der Waals surface area contributed by atoms with Crippen molar-refractivity contribution in [3.05, 3.63) is 0 Å². The van der Waals surface area contributed by atoms with Crippen molar-refractivity contribution in [3.8, 4) is 0 Å². The highest BCUT2D eigenvalue weighted by molar-refractivity contribution is 6.62. The van der Waals surface area contributed by atoms with Gasteiger partial charge in [0.05, 0.1) is 12.6 Å². The summed E-state index contributed by atoms with van der Waals surface area (Å²) in [5, 5.41) is 2.05. The second-order valence-electron chi connectivity index (χ2n) is 1.98. The average molecular weight is 150 g/mol. The third-order valence-corrected chi connectivity index (χ3v) is 1.36. The summed E-state index contributed by atoms with van der Waals surface area (Å²) in [6, 6.07) is 0.134. The molecular formula is C5H8ClNO2. The van der Waals surface area contributed by atoms with Crippen molar-refractivity contribution in [2.45, 2.75) is 12.5 Å². The molecular weight excluding hydrogens is 142 g/mol. The molecule has 1 amide bonds. The maximum atomic E-state index is 10.2. The van der Waals surface area contributed by atoms with Crippen molar-refractivity contribution in [2.75, 3.05) is 13.2 Å². The van der Waals surface area contributed by atoms with Crippen molar-refractivity contribution < 1.29 is 9.53 Å². The normalized spacial score (nSPS) is 26.1. The lowest BCUT2D eigenvalue weighted by Gasteiger charge is -2.04. The van der Waals surface area contributed by atoms with Gasteiger partial charge in [-0.1, -0.05) is 0 Å². The van der Waals surface area contributed by atoms with Gasteiger partial charge in [0.25, 0.3) is 0 Å². The van der Waals surface area contributed by atoms with Gasteiger partial charge in [-0.05, 0) is 18.0 Å². The van der Waals surface area contributed by atoms with Crippen LogP contribution in [0, 0.1) is 0 Å². The Kier molecular flexibility index (Phi) is 2.30. The number of carbonyl (C=O) groups excluding carboxylic acids is 1. The van der Waals surface area contributed by atoms with Crippen LogP contribution < -0.4 is 5.32 Å². The molecule has 9 heavy (non-hydrogen) atoms. The van der Waals surface area contributed by atoms with Crippen LogP contribution in [-0.4, -0.2) is 24.6 Å². The number of carbonyl (C=O) groups is 1. The Hall–Kier alpha value is -0.280. The molecule has 1 rings (SSSR count). The number of hydrogen-bond donors (Lipinski definition) is 1. The number of rotatable bonds is 1. The summed E-state index contributed by atoms with van der Waals surface area (Å²) < 4.78 is 4.98. The minimum Gasteiger partial charge on any atom is -0.379 e. The molecule has 1 fully saturated rings. The summed E-state index contributed by atoms with van der Waals surface area (Å²) in [5.41, 5.74) is 0. The highest BCUT2D eigenvalue weighted by Crippen LogP contribution is 2.03. The van der Waals surface area contributed by atoms with Gasteiger partial charge in [-0.3, -0.25) is 4.79 Å². The molecule has 1 heterocycles. The van der Waals surface area contributed by atoms with Crippen molar-refractivity contribution >= 4 is 17.0 Å². The summed E-state index contributed by atoms with van der Waals surface area (Å²) in [6.07, 6.45) is 0.873. The molecule has 0 aromatic carbocycles. The van der Waals surface area contributed by atoms with E-state index in [0.29, 0.717) is 6.61 Å². The molecule has 0 aliphatic carbocycles. The molecule has 0 aromatic rings. The first-order chi connectivity index (χ1) is 4.29. The molecule has 0 bridgehead atoms. The number of halogens is 1. The zero-order valence-corrected chi connectivity index (χ0v) is 5.65. The second-order valence-corrected chi connectivity index (χ2v) is 2.32. The maximum Gasteiger partial charge on any atom is 0.314 e. The Balaban J connectivity index is 2.19. The molecule has 1 saturated heterocycles. The van der Waals surface area contributed by atoms with Gasteiger partial charge in [-0.25, -0.2) is 0 Å². The molecule has 0 aromatic heterocycles. The van der Waals surface area contributed by atoms with Gasteiger partial charge in [0.2, 0.25) is 0 Å². The number of amides is 1. The first-order valence-corrected chi connectivity index (χ1v) is 3.20. The lowest BCUT2D eigenvalue weighted by atomic mass is 10.3. The molecule has 52 valence electrons. The van der Waals surface area contributed by atoms with Crippen molar-refractivity contribution in [3.63, 3.8) is 0 Å². The zero-order valence-electron chi connectivity index (χ0n) is 4.89. The van der Waals surface area contributed by atoms with Crippen LogP contribution in [-0.2, 0) is 4.74 Å². The standard InChI is InChI=1S/C5H8ClNO2/c6-5(8)7-4-1-2-9-3-4/h4H,1-3H2,(H,7,8). The SMILES string of the molecule is O=C(Cl)NC1CCOC1. The van der Waals surface area contributed by atoms with Gasteiger partial charge in [-0.2, -0.15) is 0 Å². The summed E-state index contributed by atoms with van der Waals surface area (Å²) >= 11 is 5.05. The largest absolute Gasteiger partial charge is 0.379 e. The average Bonchev–Trinajstić information content (AvgIpc) is 2.15. The van der Waals surface area contributed by atoms with Gasteiger partial charge in [-0.15, -0.1) is 0 Å². The molecule has 1 atom stereocenters. The summed E-state index contributed by atoms with van der Waals surface area (Å²) in [7, 11) is 0. The summed E-state index contributed by atoms with van der Waals surface area (Å²) in [5.74, 6) is 0. The molecule has 1 N–H and O–H groups in total. The van der Waals surface area contributed by atoms with E-state index in [-0.39, 0.29) is 6.04 Å². The minimum absolute atomic E-state index is 0.134. The fourth-order valence-electron chi connectivity index (χ4n) is 0.809. The topological polar surface area (TPSA) is 38.3 Å². The van der Waals surface area contributed by atoms with Crippen LogP contribution in [0.3, 0.4) is 0 Å².